The molecule has 0 fully saturated rings. The van der Waals surface area contributed by atoms with E-state index in [-0.39, 0.29) is 5.25 Å². The van der Waals surface area contributed by atoms with Gasteiger partial charge >= 0.3 is 0 Å². The monoisotopic (exact) mass is 306 g/mol. The Hall–Kier alpha value is -0.150. The highest BCUT2D eigenvalue weighted by molar-refractivity contribution is 8.22. The molecule has 0 aliphatic rings. The second-order valence-corrected chi connectivity index (χ2v) is 7.22. The fourth-order valence-corrected chi connectivity index (χ4v) is 4.01. The van der Waals surface area contributed by atoms with Crippen LogP contribution in [0.2, 0.25) is 0 Å². The van der Waals surface area contributed by atoms with Gasteiger partial charge in [0.05, 0.1) is 5.57 Å². The SMILES string of the molecule is C=C(C#N)/C(=N\CC)SC[S+]([O-])C(C)CCCCl. The Balaban J connectivity index is 4.24. The summed E-state index contributed by atoms with van der Waals surface area (Å²) in [6.45, 7) is 8.08. The van der Waals surface area contributed by atoms with E-state index in [1.807, 2.05) is 19.9 Å². The molecule has 3 nitrogen and oxygen atoms in total. The molecule has 0 aliphatic heterocycles. The highest BCUT2D eigenvalue weighted by Crippen LogP contribution is 2.19. The number of halogens is 1. The van der Waals surface area contributed by atoms with Gasteiger partial charge in [0.25, 0.3) is 0 Å². The van der Waals surface area contributed by atoms with Crippen molar-refractivity contribution in [2.24, 2.45) is 4.99 Å². The Morgan fingerprint density at radius 1 is 1.67 bits per heavy atom. The number of hydrogen-bond acceptors (Lipinski definition) is 4. The van der Waals surface area contributed by atoms with Crippen LogP contribution < -0.4 is 0 Å². The third kappa shape index (κ3) is 7.32. The van der Waals surface area contributed by atoms with Crippen molar-refractivity contribution in [1.29, 1.82) is 5.26 Å². The lowest BCUT2D eigenvalue weighted by molar-refractivity contribution is 0.580. The van der Waals surface area contributed by atoms with Crippen LogP contribution in [0.5, 0.6) is 0 Å². The third-order valence-corrected chi connectivity index (χ3v) is 5.65. The molecule has 0 aromatic heterocycles. The number of aliphatic imine (C=N–C) groups is 1. The fraction of sp³-hybridized carbons (Fsp3) is 0.667. The average molecular weight is 307 g/mol. The van der Waals surface area contributed by atoms with Crippen LogP contribution in [-0.2, 0) is 11.2 Å². The molecule has 0 radical (unpaired) electrons. The lowest BCUT2D eigenvalue weighted by Gasteiger charge is -2.17. The molecule has 102 valence electrons. The molecule has 0 saturated carbocycles. The first-order valence-corrected chi connectivity index (χ1v) is 8.66. The molecule has 0 rings (SSSR count). The lowest BCUT2D eigenvalue weighted by Crippen LogP contribution is -2.20. The van der Waals surface area contributed by atoms with E-state index < -0.39 is 11.2 Å². The van der Waals surface area contributed by atoms with Crippen molar-refractivity contribution >= 4 is 39.6 Å². The van der Waals surface area contributed by atoms with Crippen molar-refractivity contribution in [3.8, 4) is 6.07 Å². The number of nitriles is 1. The van der Waals surface area contributed by atoms with Gasteiger partial charge in [-0.05, 0) is 37.9 Å². The highest BCUT2D eigenvalue weighted by atomic mass is 35.5. The molecular weight excluding hydrogens is 288 g/mol. The summed E-state index contributed by atoms with van der Waals surface area (Å²) in [4.78, 5) is 4.19. The van der Waals surface area contributed by atoms with Crippen LogP contribution in [0.1, 0.15) is 26.7 Å². The summed E-state index contributed by atoms with van der Waals surface area (Å²) in [5.41, 5.74) is 0.340. The summed E-state index contributed by atoms with van der Waals surface area (Å²) in [7, 11) is 0. The summed E-state index contributed by atoms with van der Waals surface area (Å²) in [5.74, 6) is 0.600. The van der Waals surface area contributed by atoms with Crippen molar-refractivity contribution in [1.82, 2.24) is 0 Å². The number of hydrogen-bond donors (Lipinski definition) is 0. The van der Waals surface area contributed by atoms with Gasteiger partial charge in [0.2, 0.25) is 0 Å². The molecule has 0 heterocycles. The second-order valence-electron chi connectivity index (χ2n) is 3.65. The van der Waals surface area contributed by atoms with Gasteiger partial charge in [-0.1, -0.05) is 18.3 Å². The van der Waals surface area contributed by atoms with Crippen LogP contribution in [0, 0.1) is 11.3 Å². The summed E-state index contributed by atoms with van der Waals surface area (Å²) in [6, 6.07) is 1.97. The molecule has 0 bridgehead atoms. The normalized spacial score (nSPS) is 14.9. The van der Waals surface area contributed by atoms with Crippen LogP contribution in [0.25, 0.3) is 0 Å². The Morgan fingerprint density at radius 2 is 2.33 bits per heavy atom. The molecule has 0 amide bonds. The van der Waals surface area contributed by atoms with Crippen molar-refractivity contribution in [3.05, 3.63) is 12.2 Å². The predicted octanol–water partition coefficient (Wildman–Crippen LogP) is 3.33. The first-order chi connectivity index (χ1) is 8.56. The van der Waals surface area contributed by atoms with E-state index in [0.29, 0.717) is 28.1 Å². The fourth-order valence-electron chi connectivity index (χ4n) is 1.15. The quantitative estimate of drug-likeness (QED) is 0.227. The maximum absolute atomic E-state index is 11.9. The van der Waals surface area contributed by atoms with Crippen LogP contribution >= 0.6 is 23.4 Å². The number of alkyl halides is 1. The Morgan fingerprint density at radius 3 is 2.83 bits per heavy atom. The summed E-state index contributed by atoms with van der Waals surface area (Å²) < 4.78 is 11.9. The molecule has 18 heavy (non-hydrogen) atoms. The Kier molecular flexibility index (Phi) is 10.7. The molecule has 0 N–H and O–H groups in total. The van der Waals surface area contributed by atoms with Crippen LogP contribution in [0.4, 0.5) is 0 Å². The smallest absolute Gasteiger partial charge is 0.157 e. The average Bonchev–Trinajstić information content (AvgIpc) is 2.39. The van der Waals surface area contributed by atoms with Gasteiger partial charge in [0, 0.05) is 12.4 Å². The van der Waals surface area contributed by atoms with Crippen molar-refractivity contribution in [2.45, 2.75) is 31.9 Å². The van der Waals surface area contributed by atoms with E-state index in [0.717, 1.165) is 12.8 Å². The molecule has 6 heteroatoms. The third-order valence-electron chi connectivity index (χ3n) is 2.20. The van der Waals surface area contributed by atoms with Crippen molar-refractivity contribution in [3.63, 3.8) is 0 Å². The minimum absolute atomic E-state index is 0.120. The summed E-state index contributed by atoms with van der Waals surface area (Å²) in [5, 5.41) is 9.95. The van der Waals surface area contributed by atoms with Crippen LogP contribution in [0.15, 0.2) is 17.1 Å². The van der Waals surface area contributed by atoms with Gasteiger partial charge in [-0.3, -0.25) is 4.99 Å². The van der Waals surface area contributed by atoms with E-state index in [1.54, 1.807) is 0 Å². The zero-order valence-corrected chi connectivity index (χ0v) is 13.2. The summed E-state index contributed by atoms with van der Waals surface area (Å²) >= 11 is 6.02. The second kappa shape index (κ2) is 10.7. The molecule has 2 unspecified atom stereocenters. The van der Waals surface area contributed by atoms with Crippen LogP contribution in [-0.4, -0.2) is 32.4 Å². The first-order valence-electron chi connectivity index (χ1n) is 5.76. The summed E-state index contributed by atoms with van der Waals surface area (Å²) in [6.07, 6.45) is 1.73. The van der Waals surface area contributed by atoms with Gasteiger partial charge < -0.3 is 4.55 Å². The molecule has 2 atom stereocenters. The zero-order chi connectivity index (χ0) is 14.0. The Bertz CT molecular complexity index is 329. The molecule has 0 saturated heterocycles. The topological polar surface area (TPSA) is 59.2 Å². The number of nitrogens with zero attached hydrogens (tertiary/aromatic N) is 2. The first kappa shape index (κ1) is 17.8. The van der Waals surface area contributed by atoms with Gasteiger partial charge in [0.1, 0.15) is 16.4 Å². The van der Waals surface area contributed by atoms with Gasteiger partial charge in [0.15, 0.2) is 5.08 Å². The maximum Gasteiger partial charge on any atom is 0.157 e. The molecule has 0 spiro atoms. The van der Waals surface area contributed by atoms with Crippen molar-refractivity contribution in [2.75, 3.05) is 17.5 Å². The Labute approximate surface area is 122 Å². The van der Waals surface area contributed by atoms with Gasteiger partial charge in [-0.2, -0.15) is 5.26 Å². The minimum atomic E-state index is -0.936. The largest absolute Gasteiger partial charge is 0.615 e. The van der Waals surface area contributed by atoms with E-state index >= 15 is 0 Å². The van der Waals surface area contributed by atoms with Crippen molar-refractivity contribution < 1.29 is 4.55 Å². The molecular formula is C12H19ClN2OS2. The molecule has 0 aromatic rings. The van der Waals surface area contributed by atoms with E-state index in [2.05, 4.69) is 11.6 Å². The van der Waals surface area contributed by atoms with Gasteiger partial charge in [-0.15, -0.1) is 11.6 Å². The molecule has 0 aromatic carbocycles. The lowest BCUT2D eigenvalue weighted by atomic mass is 10.3. The maximum atomic E-state index is 11.9. The zero-order valence-electron chi connectivity index (χ0n) is 10.8. The minimum Gasteiger partial charge on any atom is -0.615 e. The number of rotatable bonds is 8. The predicted molar refractivity (Wildman–Crippen MR) is 82.7 cm³/mol. The van der Waals surface area contributed by atoms with E-state index in [1.165, 1.54) is 11.8 Å². The molecule has 0 aliphatic carbocycles. The van der Waals surface area contributed by atoms with Gasteiger partial charge in [-0.25, -0.2) is 0 Å². The highest BCUT2D eigenvalue weighted by Gasteiger charge is 2.18. The van der Waals surface area contributed by atoms with E-state index in [9.17, 15) is 4.55 Å². The standard InChI is InChI=1S/C12H19ClN2OS2/c1-4-15-12(10(2)8-14)17-9-18(16)11(3)6-5-7-13/h11H,2,4-7,9H2,1,3H3/b15-12+. The van der Waals surface area contributed by atoms with E-state index in [4.69, 9.17) is 16.9 Å². The van der Waals surface area contributed by atoms with Crippen LogP contribution in [0.3, 0.4) is 0 Å². The number of thioether (sulfide) groups is 1.